The van der Waals surface area contributed by atoms with Crippen LogP contribution in [0.25, 0.3) is 0 Å². The van der Waals surface area contributed by atoms with Crippen molar-refractivity contribution in [1.29, 1.82) is 0 Å². The third-order valence-corrected chi connectivity index (χ3v) is 7.38. The highest BCUT2D eigenvalue weighted by molar-refractivity contribution is 7.92. The second-order valence-electron chi connectivity index (χ2n) is 9.30. The number of anilines is 1. The number of amides is 2. The van der Waals surface area contributed by atoms with Gasteiger partial charge in [-0.1, -0.05) is 62.7 Å². The first-order valence-corrected chi connectivity index (χ1v) is 14.6. The molecule has 2 aromatic carbocycles. The largest absolute Gasteiger partial charge is 0.354 e. The number of unbranched alkanes of at least 4 members (excludes halogenated alkanes) is 1. The summed E-state index contributed by atoms with van der Waals surface area (Å²) < 4.78 is 26.6. The Balaban J connectivity index is 2.20. The molecular weight excluding hydrogens is 474 g/mol. The van der Waals surface area contributed by atoms with Gasteiger partial charge in [-0.3, -0.25) is 13.9 Å². The molecule has 0 saturated carbocycles. The van der Waals surface area contributed by atoms with E-state index in [1.54, 1.807) is 4.90 Å². The quantitative estimate of drug-likeness (QED) is 0.373. The molecule has 1 N–H and O–H groups in total. The molecule has 0 fully saturated rings. The summed E-state index contributed by atoms with van der Waals surface area (Å²) >= 11 is 0. The van der Waals surface area contributed by atoms with Gasteiger partial charge in [-0.2, -0.15) is 0 Å². The highest BCUT2D eigenvalue weighted by Gasteiger charge is 2.28. The van der Waals surface area contributed by atoms with Crippen LogP contribution in [0.5, 0.6) is 0 Å². The minimum Gasteiger partial charge on any atom is -0.354 e. The molecule has 36 heavy (non-hydrogen) atoms. The van der Waals surface area contributed by atoms with Crippen molar-refractivity contribution in [2.75, 3.05) is 23.7 Å². The first-order chi connectivity index (χ1) is 17.1. The number of nitrogens with one attached hydrogen (secondary N) is 1. The van der Waals surface area contributed by atoms with Crippen molar-refractivity contribution < 1.29 is 18.0 Å². The third kappa shape index (κ3) is 8.66. The van der Waals surface area contributed by atoms with Crippen LogP contribution < -0.4 is 9.62 Å². The van der Waals surface area contributed by atoms with Crippen LogP contribution >= 0.6 is 0 Å². The normalized spacial score (nSPS) is 12.1. The lowest BCUT2D eigenvalue weighted by atomic mass is 10.1. The van der Waals surface area contributed by atoms with Gasteiger partial charge in [-0.05, 0) is 55.9 Å². The van der Waals surface area contributed by atoms with E-state index in [9.17, 15) is 18.0 Å². The van der Waals surface area contributed by atoms with E-state index in [-0.39, 0.29) is 24.8 Å². The van der Waals surface area contributed by atoms with Gasteiger partial charge in [0.25, 0.3) is 0 Å². The van der Waals surface area contributed by atoms with Gasteiger partial charge in [0, 0.05) is 26.1 Å². The van der Waals surface area contributed by atoms with E-state index < -0.39 is 16.1 Å². The Bertz CT molecular complexity index is 1100. The predicted octanol–water partition coefficient (Wildman–Crippen LogP) is 4.57. The van der Waals surface area contributed by atoms with Gasteiger partial charge >= 0.3 is 0 Å². The second-order valence-corrected chi connectivity index (χ2v) is 11.2. The summed E-state index contributed by atoms with van der Waals surface area (Å²) in [7, 11) is -3.53. The van der Waals surface area contributed by atoms with E-state index in [4.69, 9.17) is 0 Å². The van der Waals surface area contributed by atoms with E-state index in [1.807, 2.05) is 69.3 Å². The van der Waals surface area contributed by atoms with Gasteiger partial charge in [-0.25, -0.2) is 8.42 Å². The number of hydrogen-bond donors (Lipinski definition) is 1. The van der Waals surface area contributed by atoms with Gasteiger partial charge < -0.3 is 10.2 Å². The molecule has 1 atom stereocenters. The summed E-state index contributed by atoms with van der Waals surface area (Å²) in [6.07, 6.45) is 4.02. The Morgan fingerprint density at radius 1 is 1.00 bits per heavy atom. The first kappa shape index (κ1) is 29.4. The molecule has 0 aliphatic heterocycles. The Labute approximate surface area is 216 Å². The summed E-state index contributed by atoms with van der Waals surface area (Å²) in [6.45, 7) is 8.86. The smallest absolute Gasteiger partial charge is 0.242 e. The van der Waals surface area contributed by atoms with Crippen molar-refractivity contribution in [3.63, 3.8) is 0 Å². The van der Waals surface area contributed by atoms with Gasteiger partial charge in [0.05, 0.1) is 11.9 Å². The predicted molar refractivity (Wildman–Crippen MR) is 146 cm³/mol. The molecule has 7 nitrogen and oxygen atoms in total. The van der Waals surface area contributed by atoms with Crippen molar-refractivity contribution >= 4 is 27.5 Å². The summed E-state index contributed by atoms with van der Waals surface area (Å²) in [5.74, 6) is -0.311. The molecule has 0 aliphatic carbocycles. The molecule has 0 unspecified atom stereocenters. The van der Waals surface area contributed by atoms with Crippen molar-refractivity contribution in [2.24, 2.45) is 0 Å². The number of rotatable bonds is 14. The zero-order chi connectivity index (χ0) is 26.7. The fourth-order valence-corrected chi connectivity index (χ4v) is 5.19. The number of carbonyl (C=O) groups excluding carboxylic acids is 2. The highest BCUT2D eigenvalue weighted by atomic mass is 32.2. The molecule has 198 valence electrons. The number of benzene rings is 2. The van der Waals surface area contributed by atoms with E-state index in [0.29, 0.717) is 31.6 Å². The number of sulfonamides is 1. The van der Waals surface area contributed by atoms with E-state index in [1.165, 1.54) is 10.6 Å². The SMILES string of the molecule is CCCCNC(=O)[C@H](CC)N(Cc1ccccc1)C(=O)CCCN(c1cc(C)ccc1C)S(C)(=O)=O. The zero-order valence-electron chi connectivity index (χ0n) is 22.3. The van der Waals surface area contributed by atoms with Crippen LogP contribution in [0.2, 0.25) is 0 Å². The Kier molecular flexibility index (Phi) is 11.4. The van der Waals surface area contributed by atoms with Gasteiger partial charge in [0.2, 0.25) is 21.8 Å². The van der Waals surface area contributed by atoms with Gasteiger partial charge in [0.15, 0.2) is 0 Å². The van der Waals surface area contributed by atoms with Crippen LogP contribution in [-0.4, -0.2) is 50.5 Å². The van der Waals surface area contributed by atoms with Crippen molar-refractivity contribution in [2.45, 2.75) is 72.4 Å². The van der Waals surface area contributed by atoms with Crippen molar-refractivity contribution in [1.82, 2.24) is 10.2 Å². The average Bonchev–Trinajstić information content (AvgIpc) is 2.83. The molecule has 2 rings (SSSR count). The summed E-state index contributed by atoms with van der Waals surface area (Å²) in [6, 6.07) is 14.7. The fourth-order valence-electron chi connectivity index (χ4n) is 4.18. The minimum atomic E-state index is -3.53. The molecule has 0 bridgehead atoms. The van der Waals surface area contributed by atoms with E-state index in [2.05, 4.69) is 12.2 Å². The molecule has 0 heterocycles. The summed E-state index contributed by atoms with van der Waals surface area (Å²) in [5.41, 5.74) is 3.40. The Hall–Kier alpha value is -2.87. The molecule has 2 amide bonds. The number of nitrogens with zero attached hydrogens (tertiary/aromatic N) is 2. The summed E-state index contributed by atoms with van der Waals surface area (Å²) in [5, 5.41) is 2.96. The lowest BCUT2D eigenvalue weighted by Gasteiger charge is -2.31. The number of aryl methyl sites for hydroxylation is 2. The Morgan fingerprint density at radius 2 is 1.69 bits per heavy atom. The maximum Gasteiger partial charge on any atom is 0.242 e. The van der Waals surface area contributed by atoms with Crippen LogP contribution in [0, 0.1) is 13.8 Å². The molecule has 0 aliphatic rings. The first-order valence-electron chi connectivity index (χ1n) is 12.7. The topological polar surface area (TPSA) is 86.8 Å². The molecule has 0 spiro atoms. The van der Waals surface area contributed by atoms with Crippen LogP contribution in [0.1, 0.15) is 62.6 Å². The highest BCUT2D eigenvalue weighted by Crippen LogP contribution is 2.25. The number of carbonyl (C=O) groups is 2. The monoisotopic (exact) mass is 515 g/mol. The molecule has 0 radical (unpaired) electrons. The summed E-state index contributed by atoms with van der Waals surface area (Å²) in [4.78, 5) is 28.0. The lowest BCUT2D eigenvalue weighted by molar-refractivity contribution is -0.141. The van der Waals surface area contributed by atoms with Crippen LogP contribution in [-0.2, 0) is 26.2 Å². The standard InChI is InChI=1S/C28H41N3O4S/c1-6-8-18-29-28(33)25(7-2)30(21-24-13-10-9-11-14-24)27(32)15-12-19-31(36(5,34)35)26-20-22(3)16-17-23(26)4/h9-11,13-14,16-17,20,25H,6-8,12,15,18-19,21H2,1-5H3,(H,29,33)/t25-/m0/s1. The maximum absolute atomic E-state index is 13.4. The Morgan fingerprint density at radius 3 is 2.31 bits per heavy atom. The van der Waals surface area contributed by atoms with Crippen molar-refractivity contribution in [3.05, 3.63) is 65.2 Å². The average molecular weight is 516 g/mol. The molecule has 8 heteroatoms. The second kappa shape index (κ2) is 14.0. The third-order valence-electron chi connectivity index (χ3n) is 6.20. The van der Waals surface area contributed by atoms with E-state index in [0.717, 1.165) is 29.5 Å². The molecule has 0 aromatic heterocycles. The molecular formula is C28H41N3O4S. The molecule has 2 aromatic rings. The zero-order valence-corrected chi connectivity index (χ0v) is 23.1. The number of hydrogen-bond acceptors (Lipinski definition) is 4. The maximum atomic E-state index is 13.4. The van der Waals surface area contributed by atoms with Crippen LogP contribution in [0.4, 0.5) is 5.69 Å². The fraction of sp³-hybridized carbons (Fsp3) is 0.500. The van der Waals surface area contributed by atoms with Crippen molar-refractivity contribution in [3.8, 4) is 0 Å². The van der Waals surface area contributed by atoms with Crippen LogP contribution in [0.3, 0.4) is 0 Å². The van der Waals surface area contributed by atoms with Gasteiger partial charge in [-0.15, -0.1) is 0 Å². The van der Waals surface area contributed by atoms with Crippen LogP contribution in [0.15, 0.2) is 48.5 Å². The van der Waals surface area contributed by atoms with Gasteiger partial charge in [0.1, 0.15) is 6.04 Å². The molecule has 0 saturated heterocycles. The minimum absolute atomic E-state index is 0.141. The lowest BCUT2D eigenvalue weighted by Crippen LogP contribution is -2.49. The van der Waals surface area contributed by atoms with E-state index >= 15 is 0 Å².